The number of para-hydroxylation sites is 1. The molecule has 1 amide bonds. The van der Waals surface area contributed by atoms with Crippen LogP contribution in [-0.2, 0) is 16.1 Å². The van der Waals surface area contributed by atoms with Gasteiger partial charge < -0.3 is 19.7 Å². The first-order chi connectivity index (χ1) is 13.1. The summed E-state index contributed by atoms with van der Waals surface area (Å²) in [5.41, 5.74) is 1.56. The number of carbonyl (C=O) groups excluding carboxylic acids is 1. The third-order valence-electron chi connectivity index (χ3n) is 4.37. The van der Waals surface area contributed by atoms with Gasteiger partial charge in [-0.3, -0.25) is 9.59 Å². The van der Waals surface area contributed by atoms with Crippen molar-refractivity contribution >= 4 is 17.3 Å². The number of rotatable bonds is 6. The molecule has 1 aromatic carbocycles. The minimum absolute atomic E-state index is 0.149. The van der Waals surface area contributed by atoms with E-state index in [4.69, 9.17) is 9.47 Å². The summed E-state index contributed by atoms with van der Waals surface area (Å²) in [5, 5.41) is 6.90. The summed E-state index contributed by atoms with van der Waals surface area (Å²) in [7, 11) is 0. The third kappa shape index (κ3) is 4.46. The van der Waals surface area contributed by atoms with Crippen LogP contribution in [0.4, 0.5) is 11.4 Å². The maximum Gasteiger partial charge on any atom is 0.292 e. The van der Waals surface area contributed by atoms with Gasteiger partial charge in [0, 0.05) is 19.6 Å². The average Bonchev–Trinajstić information content (AvgIpc) is 2.68. The lowest BCUT2D eigenvalue weighted by molar-refractivity contribution is -0.118. The van der Waals surface area contributed by atoms with Crippen LogP contribution in [0.5, 0.6) is 5.75 Å². The second-order valence-electron chi connectivity index (χ2n) is 6.23. The predicted molar refractivity (Wildman–Crippen MR) is 103 cm³/mol. The van der Waals surface area contributed by atoms with Gasteiger partial charge in [-0.05, 0) is 25.5 Å². The largest absolute Gasteiger partial charge is 0.483 e. The number of carbonyl (C=O) groups is 1. The molecule has 0 bridgehead atoms. The van der Waals surface area contributed by atoms with Gasteiger partial charge in [-0.2, -0.15) is 5.10 Å². The molecule has 0 spiro atoms. The topological polar surface area (TPSA) is 85.7 Å². The second-order valence-corrected chi connectivity index (χ2v) is 6.23. The molecule has 1 aromatic heterocycles. The number of nitrogens with zero attached hydrogens (tertiary/aromatic N) is 3. The molecule has 1 N–H and O–H groups in total. The van der Waals surface area contributed by atoms with Crippen LogP contribution < -0.4 is 20.5 Å². The zero-order valence-electron chi connectivity index (χ0n) is 15.6. The highest BCUT2D eigenvalue weighted by Gasteiger charge is 2.21. The molecule has 1 fully saturated rings. The zero-order valence-corrected chi connectivity index (χ0v) is 15.6. The molecule has 0 aliphatic carbocycles. The van der Waals surface area contributed by atoms with E-state index in [-0.39, 0.29) is 18.1 Å². The van der Waals surface area contributed by atoms with Crippen molar-refractivity contribution in [3.8, 4) is 5.75 Å². The van der Waals surface area contributed by atoms with Crippen LogP contribution >= 0.6 is 0 Å². The monoisotopic (exact) mass is 372 g/mol. The summed E-state index contributed by atoms with van der Waals surface area (Å²) in [6.45, 7) is 6.33. The summed E-state index contributed by atoms with van der Waals surface area (Å²) in [6, 6.07) is 7.49. The maximum atomic E-state index is 12.8. The predicted octanol–water partition coefficient (Wildman–Crippen LogP) is 1.43. The van der Waals surface area contributed by atoms with Crippen LogP contribution in [0.15, 0.2) is 35.3 Å². The van der Waals surface area contributed by atoms with E-state index in [1.807, 2.05) is 43.0 Å². The van der Waals surface area contributed by atoms with E-state index >= 15 is 0 Å². The van der Waals surface area contributed by atoms with E-state index in [2.05, 4.69) is 10.4 Å². The number of hydrogen-bond donors (Lipinski definition) is 1. The van der Waals surface area contributed by atoms with Crippen molar-refractivity contribution < 1.29 is 14.3 Å². The van der Waals surface area contributed by atoms with Crippen molar-refractivity contribution in [1.82, 2.24) is 9.78 Å². The first-order valence-corrected chi connectivity index (χ1v) is 9.01. The number of aryl methyl sites for hydroxylation is 2. The van der Waals surface area contributed by atoms with Gasteiger partial charge in [-0.25, -0.2) is 4.68 Å². The van der Waals surface area contributed by atoms with Gasteiger partial charge in [-0.1, -0.05) is 18.2 Å². The molecule has 8 heteroatoms. The van der Waals surface area contributed by atoms with Gasteiger partial charge >= 0.3 is 0 Å². The molecular formula is C19H24N4O4. The summed E-state index contributed by atoms with van der Waals surface area (Å²) >= 11 is 0. The van der Waals surface area contributed by atoms with Crippen molar-refractivity contribution in [1.29, 1.82) is 0 Å². The smallest absolute Gasteiger partial charge is 0.292 e. The fourth-order valence-electron chi connectivity index (χ4n) is 2.94. The number of anilines is 2. The van der Waals surface area contributed by atoms with Gasteiger partial charge in [0.25, 0.3) is 11.5 Å². The number of aromatic nitrogens is 2. The van der Waals surface area contributed by atoms with Gasteiger partial charge in [0.05, 0.1) is 25.1 Å². The fourth-order valence-corrected chi connectivity index (χ4v) is 2.94. The van der Waals surface area contributed by atoms with Crippen LogP contribution in [0.1, 0.15) is 12.5 Å². The molecule has 2 heterocycles. The summed E-state index contributed by atoms with van der Waals surface area (Å²) in [5.74, 6) is 0.309. The molecule has 0 unspecified atom stereocenters. The Morgan fingerprint density at radius 2 is 2.04 bits per heavy atom. The Balaban J connectivity index is 1.77. The number of amides is 1. The molecule has 0 saturated carbocycles. The SMILES string of the molecule is CCn1ncc(NC(=O)COc2ccccc2C)c(N2CCOCC2)c1=O. The summed E-state index contributed by atoms with van der Waals surface area (Å²) < 4.78 is 12.3. The number of ether oxygens (including phenoxy) is 2. The molecule has 2 aromatic rings. The Morgan fingerprint density at radius 3 is 2.74 bits per heavy atom. The number of morpholine rings is 1. The Morgan fingerprint density at radius 1 is 1.30 bits per heavy atom. The number of hydrogen-bond acceptors (Lipinski definition) is 6. The van der Waals surface area contributed by atoms with Crippen molar-refractivity contribution in [3.63, 3.8) is 0 Å². The van der Waals surface area contributed by atoms with E-state index in [1.54, 1.807) is 0 Å². The van der Waals surface area contributed by atoms with E-state index in [1.165, 1.54) is 10.9 Å². The maximum absolute atomic E-state index is 12.8. The van der Waals surface area contributed by atoms with Crippen molar-refractivity contribution in [2.45, 2.75) is 20.4 Å². The number of nitrogens with one attached hydrogen (secondary N) is 1. The van der Waals surface area contributed by atoms with E-state index in [0.29, 0.717) is 50.0 Å². The first-order valence-electron chi connectivity index (χ1n) is 9.01. The molecule has 0 radical (unpaired) electrons. The molecule has 8 nitrogen and oxygen atoms in total. The molecule has 1 aliphatic heterocycles. The Hall–Kier alpha value is -2.87. The zero-order chi connectivity index (χ0) is 19.2. The normalized spacial score (nSPS) is 14.1. The second kappa shape index (κ2) is 8.68. The number of benzene rings is 1. The van der Waals surface area contributed by atoms with Crippen LogP contribution in [-0.4, -0.2) is 48.6 Å². The lowest BCUT2D eigenvalue weighted by Crippen LogP contribution is -2.41. The van der Waals surface area contributed by atoms with E-state index in [9.17, 15) is 9.59 Å². The van der Waals surface area contributed by atoms with Gasteiger partial charge in [0.2, 0.25) is 0 Å². The van der Waals surface area contributed by atoms with Crippen LogP contribution in [0, 0.1) is 6.92 Å². The third-order valence-corrected chi connectivity index (χ3v) is 4.37. The van der Waals surface area contributed by atoms with Crippen molar-refractivity contribution in [2.24, 2.45) is 0 Å². The van der Waals surface area contributed by atoms with Crippen molar-refractivity contribution in [3.05, 3.63) is 46.4 Å². The lowest BCUT2D eigenvalue weighted by Gasteiger charge is -2.29. The highest BCUT2D eigenvalue weighted by molar-refractivity contribution is 5.95. The Bertz CT molecular complexity index is 859. The van der Waals surface area contributed by atoms with Gasteiger partial charge in [0.1, 0.15) is 11.4 Å². The quantitative estimate of drug-likeness (QED) is 0.826. The highest BCUT2D eigenvalue weighted by Crippen LogP contribution is 2.22. The van der Waals surface area contributed by atoms with E-state index < -0.39 is 0 Å². The molecule has 3 rings (SSSR count). The minimum Gasteiger partial charge on any atom is -0.483 e. The fraction of sp³-hybridized carbons (Fsp3) is 0.421. The average molecular weight is 372 g/mol. The van der Waals surface area contributed by atoms with Crippen LogP contribution in [0.25, 0.3) is 0 Å². The molecule has 27 heavy (non-hydrogen) atoms. The van der Waals surface area contributed by atoms with Gasteiger partial charge in [-0.15, -0.1) is 0 Å². The van der Waals surface area contributed by atoms with Gasteiger partial charge in [0.15, 0.2) is 6.61 Å². The molecule has 0 atom stereocenters. The summed E-state index contributed by atoms with van der Waals surface area (Å²) in [6.07, 6.45) is 1.52. The minimum atomic E-state index is -0.344. The molecule has 1 aliphatic rings. The van der Waals surface area contributed by atoms with E-state index in [0.717, 1.165) is 5.56 Å². The van der Waals surface area contributed by atoms with Crippen LogP contribution in [0.3, 0.4) is 0 Å². The first kappa shape index (κ1) is 18.9. The Kier molecular flexibility index (Phi) is 6.08. The van der Waals surface area contributed by atoms with Crippen LogP contribution in [0.2, 0.25) is 0 Å². The molecule has 144 valence electrons. The highest BCUT2D eigenvalue weighted by atomic mass is 16.5. The standard InChI is InChI=1S/C19H24N4O4/c1-3-23-19(25)18(22-8-10-26-11-9-22)15(12-20-23)21-17(24)13-27-16-7-5-4-6-14(16)2/h4-7,12H,3,8-11,13H2,1-2H3,(H,21,24). The molecule has 1 saturated heterocycles. The van der Waals surface area contributed by atoms with Crippen molar-refractivity contribution in [2.75, 3.05) is 43.1 Å². The summed E-state index contributed by atoms with van der Waals surface area (Å²) in [4.78, 5) is 27.1. The Labute approximate surface area is 157 Å². The lowest BCUT2D eigenvalue weighted by atomic mass is 10.2. The molecular weight excluding hydrogens is 348 g/mol.